The Morgan fingerprint density at radius 2 is 2.31 bits per heavy atom. The molecule has 0 unspecified atom stereocenters. The van der Waals surface area contributed by atoms with Crippen LogP contribution in [0.3, 0.4) is 0 Å². The summed E-state index contributed by atoms with van der Waals surface area (Å²) in [5.74, 6) is 0.612. The molecule has 0 aliphatic heterocycles. The van der Waals surface area contributed by atoms with Crippen LogP contribution >= 0.6 is 11.6 Å². The quantitative estimate of drug-likeness (QED) is 0.594. The minimum absolute atomic E-state index is 0.495. The summed E-state index contributed by atoms with van der Waals surface area (Å²) >= 11 is 5.86. The van der Waals surface area contributed by atoms with E-state index in [1.165, 1.54) is 0 Å². The van der Waals surface area contributed by atoms with Crippen molar-refractivity contribution in [1.29, 1.82) is 5.26 Å². The standard InChI is InChI=1S/C12H13ClN2O/c1-3-4-12(16-2)15-11-7-10(13)6-5-9(11)8-14/h5-7H,3-4H2,1-2H3. The van der Waals surface area contributed by atoms with Crippen LogP contribution in [0.5, 0.6) is 0 Å². The van der Waals surface area contributed by atoms with Crippen LogP contribution in [-0.2, 0) is 4.74 Å². The van der Waals surface area contributed by atoms with Crippen LogP contribution in [0.2, 0.25) is 5.02 Å². The summed E-state index contributed by atoms with van der Waals surface area (Å²) in [4.78, 5) is 4.29. The Labute approximate surface area is 100 Å². The smallest absolute Gasteiger partial charge is 0.188 e. The summed E-state index contributed by atoms with van der Waals surface area (Å²) in [5.41, 5.74) is 1.05. The van der Waals surface area contributed by atoms with Gasteiger partial charge in [-0.15, -0.1) is 0 Å². The summed E-state index contributed by atoms with van der Waals surface area (Å²) in [6, 6.07) is 7.06. The predicted molar refractivity (Wildman–Crippen MR) is 65.2 cm³/mol. The third kappa shape index (κ3) is 3.25. The van der Waals surface area contributed by atoms with E-state index in [0.717, 1.165) is 12.8 Å². The van der Waals surface area contributed by atoms with Crippen LogP contribution < -0.4 is 0 Å². The summed E-state index contributed by atoms with van der Waals surface area (Å²) in [6.45, 7) is 2.04. The number of ether oxygens (including phenoxy) is 1. The molecule has 3 nitrogen and oxygen atoms in total. The van der Waals surface area contributed by atoms with Gasteiger partial charge < -0.3 is 4.74 Å². The lowest BCUT2D eigenvalue weighted by atomic mass is 10.2. The molecule has 4 heteroatoms. The molecule has 0 heterocycles. The monoisotopic (exact) mass is 236 g/mol. The Balaban J connectivity index is 3.11. The normalized spacial score (nSPS) is 11.0. The van der Waals surface area contributed by atoms with E-state index in [0.29, 0.717) is 22.2 Å². The van der Waals surface area contributed by atoms with Gasteiger partial charge in [-0.2, -0.15) is 5.26 Å². The number of halogens is 1. The first-order valence-corrected chi connectivity index (χ1v) is 5.40. The molecule has 16 heavy (non-hydrogen) atoms. The Morgan fingerprint density at radius 1 is 1.56 bits per heavy atom. The molecule has 1 aromatic rings. The zero-order valence-corrected chi connectivity index (χ0v) is 10.1. The van der Waals surface area contributed by atoms with Gasteiger partial charge >= 0.3 is 0 Å². The van der Waals surface area contributed by atoms with Gasteiger partial charge in [0.05, 0.1) is 18.4 Å². The van der Waals surface area contributed by atoms with Crippen molar-refractivity contribution in [3.63, 3.8) is 0 Å². The Bertz CT molecular complexity index is 435. The average molecular weight is 237 g/mol. The second kappa shape index (κ2) is 6.14. The number of aliphatic imine (C=N–C) groups is 1. The Hall–Kier alpha value is -1.53. The van der Waals surface area contributed by atoms with E-state index in [1.807, 2.05) is 6.92 Å². The average Bonchev–Trinajstić information content (AvgIpc) is 2.29. The van der Waals surface area contributed by atoms with E-state index in [-0.39, 0.29) is 0 Å². The number of nitrogens with zero attached hydrogens (tertiary/aromatic N) is 2. The highest BCUT2D eigenvalue weighted by Gasteiger charge is 2.04. The van der Waals surface area contributed by atoms with Gasteiger partial charge in [0.25, 0.3) is 0 Å². The maximum Gasteiger partial charge on any atom is 0.188 e. The number of methoxy groups -OCH3 is 1. The topological polar surface area (TPSA) is 45.4 Å². The lowest BCUT2D eigenvalue weighted by Crippen LogP contribution is -1.99. The Kier molecular flexibility index (Phi) is 4.81. The zero-order chi connectivity index (χ0) is 12.0. The van der Waals surface area contributed by atoms with Gasteiger partial charge in [-0.05, 0) is 24.6 Å². The third-order valence-electron chi connectivity index (χ3n) is 2.02. The van der Waals surface area contributed by atoms with Crippen molar-refractivity contribution in [2.45, 2.75) is 19.8 Å². The van der Waals surface area contributed by atoms with Gasteiger partial charge in [0.2, 0.25) is 0 Å². The molecule has 0 aromatic heterocycles. The molecular formula is C12H13ClN2O. The lowest BCUT2D eigenvalue weighted by Gasteiger charge is -2.04. The summed E-state index contributed by atoms with van der Waals surface area (Å²) in [7, 11) is 1.57. The van der Waals surface area contributed by atoms with Crippen molar-refractivity contribution in [3.8, 4) is 6.07 Å². The zero-order valence-electron chi connectivity index (χ0n) is 9.33. The molecule has 84 valence electrons. The molecule has 0 spiro atoms. The van der Waals surface area contributed by atoms with Crippen molar-refractivity contribution in [2.75, 3.05) is 7.11 Å². The van der Waals surface area contributed by atoms with Gasteiger partial charge in [0, 0.05) is 11.4 Å². The van der Waals surface area contributed by atoms with Crippen molar-refractivity contribution >= 4 is 23.2 Å². The van der Waals surface area contributed by atoms with Crippen LogP contribution in [0, 0.1) is 11.3 Å². The molecule has 1 aromatic carbocycles. The van der Waals surface area contributed by atoms with Crippen molar-refractivity contribution in [1.82, 2.24) is 0 Å². The third-order valence-corrected chi connectivity index (χ3v) is 2.26. The van der Waals surface area contributed by atoms with Crippen LogP contribution in [-0.4, -0.2) is 13.0 Å². The van der Waals surface area contributed by atoms with Gasteiger partial charge in [-0.25, -0.2) is 4.99 Å². The van der Waals surface area contributed by atoms with Gasteiger partial charge in [-0.3, -0.25) is 0 Å². The molecule has 0 atom stereocenters. The summed E-state index contributed by atoms with van der Waals surface area (Å²) < 4.78 is 5.13. The molecule has 0 saturated heterocycles. The van der Waals surface area contributed by atoms with Gasteiger partial charge in [0.15, 0.2) is 5.90 Å². The van der Waals surface area contributed by atoms with Crippen LogP contribution in [0.4, 0.5) is 5.69 Å². The van der Waals surface area contributed by atoms with E-state index in [2.05, 4.69) is 11.1 Å². The van der Waals surface area contributed by atoms with Crippen LogP contribution in [0.15, 0.2) is 23.2 Å². The first-order valence-electron chi connectivity index (χ1n) is 5.02. The van der Waals surface area contributed by atoms with E-state index in [9.17, 15) is 0 Å². The first-order chi connectivity index (χ1) is 7.71. The molecule has 0 aliphatic carbocycles. The van der Waals surface area contributed by atoms with E-state index >= 15 is 0 Å². The number of hydrogen-bond donors (Lipinski definition) is 0. The van der Waals surface area contributed by atoms with Crippen LogP contribution in [0.1, 0.15) is 25.3 Å². The molecule has 0 radical (unpaired) electrons. The fourth-order valence-electron chi connectivity index (χ4n) is 1.24. The Morgan fingerprint density at radius 3 is 2.88 bits per heavy atom. The van der Waals surface area contributed by atoms with Gasteiger partial charge in [0.1, 0.15) is 6.07 Å². The summed E-state index contributed by atoms with van der Waals surface area (Å²) in [5, 5.41) is 9.48. The number of rotatable bonds is 3. The first kappa shape index (κ1) is 12.5. The highest BCUT2D eigenvalue weighted by Crippen LogP contribution is 2.23. The highest BCUT2D eigenvalue weighted by molar-refractivity contribution is 6.30. The second-order valence-electron chi connectivity index (χ2n) is 3.23. The maximum atomic E-state index is 8.92. The summed E-state index contributed by atoms with van der Waals surface area (Å²) in [6.07, 6.45) is 1.68. The molecular weight excluding hydrogens is 224 g/mol. The molecule has 0 fully saturated rings. The number of hydrogen-bond acceptors (Lipinski definition) is 3. The van der Waals surface area contributed by atoms with Crippen molar-refractivity contribution in [3.05, 3.63) is 28.8 Å². The molecule has 0 amide bonds. The van der Waals surface area contributed by atoms with E-state index in [4.69, 9.17) is 21.6 Å². The molecule has 0 bridgehead atoms. The molecule has 0 N–H and O–H groups in total. The highest BCUT2D eigenvalue weighted by atomic mass is 35.5. The predicted octanol–water partition coefficient (Wildman–Crippen LogP) is 3.69. The fourth-order valence-corrected chi connectivity index (χ4v) is 1.41. The van der Waals surface area contributed by atoms with Gasteiger partial charge in [-0.1, -0.05) is 18.5 Å². The molecule has 1 rings (SSSR count). The van der Waals surface area contributed by atoms with Crippen molar-refractivity contribution < 1.29 is 4.74 Å². The second-order valence-corrected chi connectivity index (χ2v) is 3.67. The van der Waals surface area contributed by atoms with E-state index < -0.39 is 0 Å². The lowest BCUT2D eigenvalue weighted by molar-refractivity contribution is 0.389. The molecule has 0 saturated carbocycles. The van der Waals surface area contributed by atoms with Crippen LogP contribution in [0.25, 0.3) is 0 Å². The number of benzene rings is 1. The minimum atomic E-state index is 0.495. The number of nitriles is 1. The fraction of sp³-hybridized carbons (Fsp3) is 0.333. The minimum Gasteiger partial charge on any atom is -0.484 e. The largest absolute Gasteiger partial charge is 0.484 e. The SMILES string of the molecule is CCCC(=Nc1cc(Cl)ccc1C#N)OC. The molecule has 0 aliphatic rings. The van der Waals surface area contributed by atoms with Crippen molar-refractivity contribution in [2.24, 2.45) is 4.99 Å². The maximum absolute atomic E-state index is 8.92. The van der Waals surface area contributed by atoms with E-state index in [1.54, 1.807) is 25.3 Å².